The van der Waals surface area contributed by atoms with Gasteiger partial charge < -0.3 is 15.3 Å². The normalized spacial score (nSPS) is 19.8. The Bertz CT molecular complexity index is 418. The lowest BCUT2D eigenvalue weighted by atomic mass is 10.0. The summed E-state index contributed by atoms with van der Waals surface area (Å²) >= 11 is 0. The third kappa shape index (κ3) is 2.82. The van der Waals surface area contributed by atoms with E-state index in [4.69, 9.17) is 0 Å². The van der Waals surface area contributed by atoms with Crippen molar-refractivity contribution in [3.8, 4) is 5.75 Å². The molecule has 1 amide bonds. The summed E-state index contributed by atoms with van der Waals surface area (Å²) in [6.07, 6.45) is 3.28. The van der Waals surface area contributed by atoms with Crippen molar-refractivity contribution in [2.75, 3.05) is 20.1 Å². The molecule has 98 valence electrons. The lowest BCUT2D eigenvalue weighted by Gasteiger charge is -2.35. The van der Waals surface area contributed by atoms with Crippen molar-refractivity contribution in [3.63, 3.8) is 0 Å². The minimum absolute atomic E-state index is 0.0193. The van der Waals surface area contributed by atoms with Crippen LogP contribution in [-0.4, -0.2) is 42.1 Å². The molecular weight excluding hydrogens is 228 g/mol. The predicted octanol–water partition coefficient (Wildman–Crippen LogP) is 1.61. The number of amides is 1. The van der Waals surface area contributed by atoms with Gasteiger partial charge in [0.05, 0.1) is 0 Å². The standard InChI is InChI=1S/C14H20N2O2/c1-15-10-12-6-2-3-8-16(12)14(18)11-5-4-7-13(17)9-11/h4-5,7,9,12,15,17H,2-3,6,8,10H2,1H3. The summed E-state index contributed by atoms with van der Waals surface area (Å²) in [5, 5.41) is 12.6. The summed E-state index contributed by atoms with van der Waals surface area (Å²) in [5.41, 5.74) is 0.568. The quantitative estimate of drug-likeness (QED) is 0.854. The van der Waals surface area contributed by atoms with Crippen molar-refractivity contribution >= 4 is 5.91 Å². The minimum atomic E-state index is 0.0193. The van der Waals surface area contributed by atoms with Crippen LogP contribution in [0.1, 0.15) is 29.6 Å². The first-order chi connectivity index (χ1) is 8.72. The van der Waals surface area contributed by atoms with Gasteiger partial charge in [0.1, 0.15) is 5.75 Å². The first-order valence-corrected chi connectivity index (χ1v) is 6.47. The van der Waals surface area contributed by atoms with Gasteiger partial charge in [0.2, 0.25) is 0 Å². The van der Waals surface area contributed by atoms with Gasteiger partial charge in [-0.3, -0.25) is 4.79 Å². The molecule has 1 aliphatic rings. The fourth-order valence-corrected chi connectivity index (χ4v) is 2.52. The number of likely N-dealkylation sites (N-methyl/N-ethyl adjacent to an activating group) is 1. The average molecular weight is 248 g/mol. The van der Waals surface area contributed by atoms with Crippen LogP contribution in [0.15, 0.2) is 24.3 Å². The molecular formula is C14H20N2O2. The third-order valence-electron chi connectivity index (χ3n) is 3.42. The first kappa shape index (κ1) is 12.9. The molecule has 1 aromatic rings. The highest BCUT2D eigenvalue weighted by Crippen LogP contribution is 2.20. The summed E-state index contributed by atoms with van der Waals surface area (Å²) in [6, 6.07) is 6.84. The zero-order valence-corrected chi connectivity index (χ0v) is 10.7. The first-order valence-electron chi connectivity index (χ1n) is 6.47. The van der Waals surface area contributed by atoms with Gasteiger partial charge in [0.15, 0.2) is 0 Å². The molecule has 0 aromatic heterocycles. The van der Waals surface area contributed by atoms with Gasteiger partial charge in [-0.25, -0.2) is 0 Å². The number of hydrogen-bond acceptors (Lipinski definition) is 3. The molecule has 18 heavy (non-hydrogen) atoms. The molecule has 1 fully saturated rings. The zero-order chi connectivity index (χ0) is 13.0. The third-order valence-corrected chi connectivity index (χ3v) is 3.42. The number of hydrogen-bond donors (Lipinski definition) is 2. The van der Waals surface area contributed by atoms with Crippen LogP contribution in [0.25, 0.3) is 0 Å². The molecule has 1 heterocycles. The molecule has 1 unspecified atom stereocenters. The molecule has 4 heteroatoms. The number of aromatic hydroxyl groups is 1. The van der Waals surface area contributed by atoms with Crippen LogP contribution in [0.3, 0.4) is 0 Å². The second-order valence-electron chi connectivity index (χ2n) is 4.76. The molecule has 0 saturated carbocycles. The van der Waals surface area contributed by atoms with Crippen molar-refractivity contribution in [2.45, 2.75) is 25.3 Å². The molecule has 0 aliphatic carbocycles. The molecule has 1 saturated heterocycles. The monoisotopic (exact) mass is 248 g/mol. The van der Waals surface area contributed by atoms with Gasteiger partial charge in [-0.15, -0.1) is 0 Å². The highest BCUT2D eigenvalue weighted by atomic mass is 16.3. The Morgan fingerprint density at radius 2 is 2.33 bits per heavy atom. The van der Waals surface area contributed by atoms with Gasteiger partial charge in [-0.1, -0.05) is 6.07 Å². The summed E-state index contributed by atoms with van der Waals surface area (Å²) < 4.78 is 0. The second kappa shape index (κ2) is 5.87. The zero-order valence-electron chi connectivity index (χ0n) is 10.7. The number of benzene rings is 1. The molecule has 2 N–H and O–H groups in total. The number of nitrogens with one attached hydrogen (secondary N) is 1. The van der Waals surface area contributed by atoms with Gasteiger partial charge in [-0.05, 0) is 44.5 Å². The Balaban J connectivity index is 2.15. The molecule has 1 aliphatic heterocycles. The molecule has 0 spiro atoms. The fourth-order valence-electron chi connectivity index (χ4n) is 2.52. The maximum absolute atomic E-state index is 12.4. The van der Waals surface area contributed by atoms with Crippen LogP contribution in [0.2, 0.25) is 0 Å². The maximum atomic E-state index is 12.4. The molecule has 1 aromatic carbocycles. The molecule has 0 radical (unpaired) electrons. The van der Waals surface area contributed by atoms with Crippen molar-refractivity contribution in [1.82, 2.24) is 10.2 Å². The van der Waals surface area contributed by atoms with E-state index >= 15 is 0 Å². The van der Waals surface area contributed by atoms with E-state index < -0.39 is 0 Å². The largest absolute Gasteiger partial charge is 0.508 e. The summed E-state index contributed by atoms with van der Waals surface area (Å²) in [7, 11) is 1.91. The number of piperidine rings is 1. The van der Waals surface area contributed by atoms with Crippen LogP contribution in [0, 0.1) is 0 Å². The van der Waals surface area contributed by atoms with Gasteiger partial charge in [-0.2, -0.15) is 0 Å². The van der Waals surface area contributed by atoms with Gasteiger partial charge in [0, 0.05) is 24.7 Å². The topological polar surface area (TPSA) is 52.6 Å². The Labute approximate surface area is 108 Å². The summed E-state index contributed by atoms with van der Waals surface area (Å²) in [5.74, 6) is 0.161. The number of rotatable bonds is 3. The number of likely N-dealkylation sites (tertiary alicyclic amines) is 1. The second-order valence-corrected chi connectivity index (χ2v) is 4.76. The Morgan fingerprint density at radius 3 is 3.06 bits per heavy atom. The minimum Gasteiger partial charge on any atom is -0.508 e. The predicted molar refractivity (Wildman–Crippen MR) is 70.7 cm³/mol. The van der Waals surface area contributed by atoms with E-state index in [-0.39, 0.29) is 17.7 Å². The maximum Gasteiger partial charge on any atom is 0.254 e. The van der Waals surface area contributed by atoms with Crippen molar-refractivity contribution in [1.29, 1.82) is 0 Å². The SMILES string of the molecule is CNCC1CCCCN1C(=O)c1cccc(O)c1. The van der Waals surface area contributed by atoms with Crippen molar-refractivity contribution < 1.29 is 9.90 Å². The van der Waals surface area contributed by atoms with E-state index in [0.29, 0.717) is 5.56 Å². The van der Waals surface area contributed by atoms with Crippen LogP contribution >= 0.6 is 0 Å². The van der Waals surface area contributed by atoms with Crippen LogP contribution in [-0.2, 0) is 0 Å². The summed E-state index contributed by atoms with van der Waals surface area (Å²) in [4.78, 5) is 14.3. The lowest BCUT2D eigenvalue weighted by Crippen LogP contribution is -2.48. The van der Waals surface area contributed by atoms with Gasteiger partial charge in [0.25, 0.3) is 5.91 Å². The lowest BCUT2D eigenvalue weighted by molar-refractivity contribution is 0.0614. The number of carbonyl (C=O) groups is 1. The summed E-state index contributed by atoms with van der Waals surface area (Å²) in [6.45, 7) is 1.63. The van der Waals surface area contributed by atoms with E-state index in [1.807, 2.05) is 11.9 Å². The molecule has 1 atom stereocenters. The smallest absolute Gasteiger partial charge is 0.254 e. The average Bonchev–Trinajstić information content (AvgIpc) is 2.39. The highest BCUT2D eigenvalue weighted by Gasteiger charge is 2.26. The Kier molecular flexibility index (Phi) is 4.20. The Hall–Kier alpha value is -1.55. The van der Waals surface area contributed by atoms with Crippen LogP contribution < -0.4 is 5.32 Å². The van der Waals surface area contributed by atoms with E-state index in [1.165, 1.54) is 12.5 Å². The number of phenols is 1. The van der Waals surface area contributed by atoms with E-state index in [0.717, 1.165) is 25.9 Å². The van der Waals surface area contributed by atoms with E-state index in [2.05, 4.69) is 5.32 Å². The van der Waals surface area contributed by atoms with Crippen molar-refractivity contribution in [3.05, 3.63) is 29.8 Å². The van der Waals surface area contributed by atoms with Crippen LogP contribution in [0.5, 0.6) is 5.75 Å². The number of nitrogens with zero attached hydrogens (tertiary/aromatic N) is 1. The molecule has 2 rings (SSSR count). The van der Waals surface area contributed by atoms with Crippen LogP contribution in [0.4, 0.5) is 0 Å². The van der Waals surface area contributed by atoms with E-state index in [9.17, 15) is 9.90 Å². The van der Waals surface area contributed by atoms with Gasteiger partial charge >= 0.3 is 0 Å². The number of carbonyl (C=O) groups excluding carboxylic acids is 1. The van der Waals surface area contributed by atoms with Crippen molar-refractivity contribution in [2.24, 2.45) is 0 Å². The number of phenolic OH excluding ortho intramolecular Hbond substituents is 1. The fraction of sp³-hybridized carbons (Fsp3) is 0.500. The molecule has 4 nitrogen and oxygen atoms in total. The highest BCUT2D eigenvalue weighted by molar-refractivity contribution is 5.94. The molecule has 0 bridgehead atoms. The van der Waals surface area contributed by atoms with E-state index in [1.54, 1.807) is 18.2 Å². The Morgan fingerprint density at radius 1 is 1.50 bits per heavy atom.